The first kappa shape index (κ1) is 14.9. The molecule has 4 heteroatoms. The van der Waals surface area contributed by atoms with E-state index >= 15 is 0 Å². The van der Waals surface area contributed by atoms with E-state index in [9.17, 15) is 0 Å². The SMILES string of the molecule is COc1ccc(Br)cc1[C@H](C)NSC(C)(C)C. The van der Waals surface area contributed by atoms with Crippen molar-refractivity contribution in [2.75, 3.05) is 7.11 Å². The molecule has 0 radical (unpaired) electrons. The molecule has 0 aromatic heterocycles. The molecule has 0 saturated carbocycles. The van der Waals surface area contributed by atoms with Gasteiger partial charge in [0.2, 0.25) is 0 Å². The molecule has 0 aliphatic rings. The number of hydrogen-bond acceptors (Lipinski definition) is 3. The molecule has 1 N–H and O–H groups in total. The number of halogens is 1. The monoisotopic (exact) mass is 317 g/mol. The lowest BCUT2D eigenvalue weighted by molar-refractivity contribution is 0.405. The number of hydrogen-bond donors (Lipinski definition) is 1. The molecule has 0 spiro atoms. The first-order valence-electron chi connectivity index (χ1n) is 5.60. The van der Waals surface area contributed by atoms with Crippen LogP contribution in [0.2, 0.25) is 0 Å². The Morgan fingerprint density at radius 3 is 2.53 bits per heavy atom. The topological polar surface area (TPSA) is 21.3 Å². The molecule has 17 heavy (non-hydrogen) atoms. The average molecular weight is 318 g/mol. The number of ether oxygens (including phenoxy) is 1. The fourth-order valence-corrected chi connectivity index (χ4v) is 2.41. The van der Waals surface area contributed by atoms with Gasteiger partial charge in [-0.25, -0.2) is 0 Å². The number of benzene rings is 1. The van der Waals surface area contributed by atoms with Crippen LogP contribution in [0, 0.1) is 0 Å². The Bertz CT molecular complexity index is 376. The van der Waals surface area contributed by atoms with Crippen LogP contribution in [0.3, 0.4) is 0 Å². The third-order valence-electron chi connectivity index (χ3n) is 2.20. The van der Waals surface area contributed by atoms with E-state index < -0.39 is 0 Å². The van der Waals surface area contributed by atoms with Crippen LogP contribution in [0.4, 0.5) is 0 Å². The summed E-state index contributed by atoms with van der Waals surface area (Å²) >= 11 is 5.23. The van der Waals surface area contributed by atoms with Crippen LogP contribution < -0.4 is 9.46 Å². The highest BCUT2D eigenvalue weighted by atomic mass is 79.9. The molecular formula is C13H20BrNOS. The van der Waals surface area contributed by atoms with E-state index in [0.717, 1.165) is 10.2 Å². The molecule has 0 heterocycles. The largest absolute Gasteiger partial charge is 0.496 e. The normalized spacial score (nSPS) is 13.5. The first-order chi connectivity index (χ1) is 7.83. The maximum absolute atomic E-state index is 5.38. The number of nitrogens with one attached hydrogen (secondary N) is 1. The lowest BCUT2D eigenvalue weighted by Crippen LogP contribution is -2.20. The minimum absolute atomic E-state index is 0.202. The molecule has 1 atom stereocenters. The van der Waals surface area contributed by atoms with Crippen LogP contribution >= 0.6 is 27.9 Å². The van der Waals surface area contributed by atoms with Crippen molar-refractivity contribution in [3.63, 3.8) is 0 Å². The van der Waals surface area contributed by atoms with Gasteiger partial charge in [-0.2, -0.15) is 0 Å². The van der Waals surface area contributed by atoms with Crippen LogP contribution in [0.1, 0.15) is 39.3 Å². The van der Waals surface area contributed by atoms with E-state index in [4.69, 9.17) is 4.74 Å². The molecule has 1 rings (SSSR count). The minimum atomic E-state index is 0.202. The Kier molecular flexibility index (Phi) is 5.35. The maximum Gasteiger partial charge on any atom is 0.123 e. The Morgan fingerprint density at radius 1 is 1.35 bits per heavy atom. The predicted octanol–water partition coefficient (Wildman–Crippen LogP) is 4.56. The van der Waals surface area contributed by atoms with Crippen molar-refractivity contribution in [2.45, 2.75) is 38.5 Å². The van der Waals surface area contributed by atoms with Gasteiger partial charge < -0.3 is 4.74 Å². The lowest BCUT2D eigenvalue weighted by atomic mass is 10.1. The Labute approximate surface area is 117 Å². The quantitative estimate of drug-likeness (QED) is 0.823. The van der Waals surface area contributed by atoms with Crippen LogP contribution in [-0.4, -0.2) is 11.9 Å². The van der Waals surface area contributed by atoms with E-state index in [0.29, 0.717) is 0 Å². The molecular weight excluding hydrogens is 298 g/mol. The van der Waals surface area contributed by atoms with Crippen molar-refractivity contribution >= 4 is 27.9 Å². The zero-order valence-electron chi connectivity index (χ0n) is 11.0. The Hall–Kier alpha value is -0.190. The summed E-state index contributed by atoms with van der Waals surface area (Å²) in [6.45, 7) is 8.71. The van der Waals surface area contributed by atoms with Crippen molar-refractivity contribution < 1.29 is 4.74 Å². The van der Waals surface area contributed by atoms with Gasteiger partial charge >= 0.3 is 0 Å². The third-order valence-corrected chi connectivity index (χ3v) is 3.78. The molecule has 96 valence electrons. The molecule has 1 aromatic rings. The highest BCUT2D eigenvalue weighted by Crippen LogP contribution is 2.31. The summed E-state index contributed by atoms with van der Waals surface area (Å²) in [5, 5.41) is 0. The summed E-state index contributed by atoms with van der Waals surface area (Å²) in [4.78, 5) is 0. The summed E-state index contributed by atoms with van der Waals surface area (Å²) in [5.74, 6) is 0.919. The summed E-state index contributed by atoms with van der Waals surface area (Å²) in [6, 6.07) is 6.32. The van der Waals surface area contributed by atoms with Gasteiger partial charge in [0.25, 0.3) is 0 Å². The zero-order valence-corrected chi connectivity index (χ0v) is 13.4. The second-order valence-corrected chi connectivity index (χ2v) is 7.52. The Balaban J connectivity index is 2.80. The second-order valence-electron chi connectivity index (χ2n) is 4.94. The van der Waals surface area contributed by atoms with Gasteiger partial charge in [0.05, 0.1) is 7.11 Å². The van der Waals surface area contributed by atoms with Gasteiger partial charge in [-0.15, -0.1) is 0 Å². The Morgan fingerprint density at radius 2 is 2.00 bits per heavy atom. The van der Waals surface area contributed by atoms with Crippen LogP contribution in [0.25, 0.3) is 0 Å². The number of rotatable bonds is 4. The van der Waals surface area contributed by atoms with Crippen molar-refractivity contribution in [3.8, 4) is 5.75 Å². The van der Waals surface area contributed by atoms with E-state index in [1.54, 1.807) is 19.1 Å². The van der Waals surface area contributed by atoms with E-state index in [2.05, 4.69) is 54.4 Å². The molecule has 2 nitrogen and oxygen atoms in total. The van der Waals surface area contributed by atoms with Gasteiger partial charge in [-0.1, -0.05) is 27.9 Å². The van der Waals surface area contributed by atoms with Gasteiger partial charge in [-0.3, -0.25) is 4.72 Å². The van der Waals surface area contributed by atoms with E-state index in [-0.39, 0.29) is 10.8 Å². The highest BCUT2D eigenvalue weighted by Gasteiger charge is 2.16. The van der Waals surface area contributed by atoms with Crippen molar-refractivity contribution in [3.05, 3.63) is 28.2 Å². The highest BCUT2D eigenvalue weighted by molar-refractivity contribution is 9.10. The first-order valence-corrected chi connectivity index (χ1v) is 7.21. The zero-order chi connectivity index (χ0) is 13.1. The van der Waals surface area contributed by atoms with Gasteiger partial charge in [-0.05, 0) is 45.9 Å². The fraction of sp³-hybridized carbons (Fsp3) is 0.538. The summed E-state index contributed by atoms with van der Waals surface area (Å²) in [5.41, 5.74) is 1.17. The van der Waals surface area contributed by atoms with Crippen molar-refractivity contribution in [1.29, 1.82) is 0 Å². The smallest absolute Gasteiger partial charge is 0.123 e. The standard InChI is InChI=1S/C13H20BrNOS/c1-9(15-17-13(2,3)4)11-8-10(14)6-7-12(11)16-5/h6-9,15H,1-5H3/t9-/m0/s1. The number of methoxy groups -OCH3 is 1. The summed E-state index contributed by atoms with van der Waals surface area (Å²) in [7, 11) is 1.70. The molecule has 0 amide bonds. The second kappa shape index (κ2) is 6.12. The average Bonchev–Trinajstić information content (AvgIpc) is 2.25. The third kappa shape index (κ3) is 4.90. The lowest BCUT2D eigenvalue weighted by Gasteiger charge is -2.23. The van der Waals surface area contributed by atoms with Crippen LogP contribution in [-0.2, 0) is 0 Å². The molecule has 0 bridgehead atoms. The van der Waals surface area contributed by atoms with Crippen molar-refractivity contribution in [1.82, 2.24) is 4.72 Å². The van der Waals surface area contributed by atoms with Gasteiger partial charge in [0.1, 0.15) is 5.75 Å². The van der Waals surface area contributed by atoms with E-state index in [1.807, 2.05) is 12.1 Å². The molecule has 0 saturated heterocycles. The summed E-state index contributed by atoms with van der Waals surface area (Å²) in [6.07, 6.45) is 0. The van der Waals surface area contributed by atoms with Gasteiger partial charge in [0.15, 0.2) is 0 Å². The van der Waals surface area contributed by atoms with Gasteiger partial charge in [0, 0.05) is 20.8 Å². The molecule has 0 aliphatic carbocycles. The molecule has 0 aliphatic heterocycles. The fourth-order valence-electron chi connectivity index (χ4n) is 1.37. The maximum atomic E-state index is 5.38. The van der Waals surface area contributed by atoms with Crippen LogP contribution in [0.15, 0.2) is 22.7 Å². The van der Waals surface area contributed by atoms with Crippen molar-refractivity contribution in [2.24, 2.45) is 0 Å². The molecule has 0 fully saturated rings. The summed E-state index contributed by atoms with van der Waals surface area (Å²) < 4.78 is 10.1. The molecule has 1 aromatic carbocycles. The molecule has 0 unspecified atom stereocenters. The predicted molar refractivity (Wildman–Crippen MR) is 79.6 cm³/mol. The van der Waals surface area contributed by atoms with E-state index in [1.165, 1.54) is 5.56 Å². The van der Waals surface area contributed by atoms with Crippen LogP contribution in [0.5, 0.6) is 5.75 Å². The minimum Gasteiger partial charge on any atom is -0.496 e.